The fourth-order valence-electron chi connectivity index (χ4n) is 2.19. The molecule has 0 spiro atoms. The number of hydrogen-bond donors (Lipinski definition) is 1. The van der Waals surface area contributed by atoms with Crippen LogP contribution < -0.4 is 5.32 Å². The van der Waals surface area contributed by atoms with Crippen molar-refractivity contribution in [1.82, 2.24) is 5.32 Å². The summed E-state index contributed by atoms with van der Waals surface area (Å²) in [6, 6.07) is 13.2. The number of hydrogen-bond acceptors (Lipinski definition) is 1. The molecule has 1 nitrogen and oxygen atoms in total. The Labute approximate surface area is 117 Å². The largest absolute Gasteiger partial charge is 0.310 e. The van der Waals surface area contributed by atoms with Crippen molar-refractivity contribution in [2.75, 3.05) is 0 Å². The highest BCUT2D eigenvalue weighted by Gasteiger charge is 2.20. The summed E-state index contributed by atoms with van der Waals surface area (Å²) in [5.74, 6) is -0.205. The van der Waals surface area contributed by atoms with Gasteiger partial charge in [-0.2, -0.15) is 0 Å². The van der Waals surface area contributed by atoms with Crippen molar-refractivity contribution in [2.45, 2.75) is 25.4 Å². The van der Waals surface area contributed by atoms with E-state index in [0.29, 0.717) is 17.6 Å². The van der Waals surface area contributed by atoms with Crippen molar-refractivity contribution in [3.63, 3.8) is 0 Å². The summed E-state index contributed by atoms with van der Waals surface area (Å²) in [5, 5.41) is 4.12. The van der Waals surface area contributed by atoms with Gasteiger partial charge in [-0.05, 0) is 42.2 Å². The van der Waals surface area contributed by atoms with E-state index in [1.54, 1.807) is 12.1 Å². The fraction of sp³-hybridized carbons (Fsp3) is 0.250. The minimum absolute atomic E-state index is 0.205. The number of nitrogens with one attached hydrogen (secondary N) is 1. The molecule has 1 saturated carbocycles. The lowest BCUT2D eigenvalue weighted by atomic mass is 9.99. The highest BCUT2D eigenvalue weighted by molar-refractivity contribution is 6.33. The van der Waals surface area contributed by atoms with E-state index in [1.807, 2.05) is 24.3 Å². The molecule has 0 aliphatic heterocycles. The van der Waals surface area contributed by atoms with Gasteiger partial charge in [0, 0.05) is 23.2 Å². The average Bonchev–Trinajstić information content (AvgIpc) is 3.22. The van der Waals surface area contributed by atoms with Gasteiger partial charge in [0.2, 0.25) is 0 Å². The summed E-state index contributed by atoms with van der Waals surface area (Å²) < 4.78 is 13.4. The summed E-state index contributed by atoms with van der Waals surface area (Å²) in [6.45, 7) is 0.684. The van der Waals surface area contributed by atoms with Crippen LogP contribution in [0.4, 0.5) is 4.39 Å². The molecule has 1 fully saturated rings. The van der Waals surface area contributed by atoms with Crippen molar-refractivity contribution in [3.05, 3.63) is 58.9 Å². The highest BCUT2D eigenvalue weighted by atomic mass is 35.5. The number of benzene rings is 2. The quantitative estimate of drug-likeness (QED) is 0.872. The van der Waals surface area contributed by atoms with Crippen LogP contribution in [0.15, 0.2) is 42.5 Å². The van der Waals surface area contributed by atoms with Gasteiger partial charge < -0.3 is 5.32 Å². The first kappa shape index (κ1) is 12.6. The molecule has 2 aromatic carbocycles. The van der Waals surface area contributed by atoms with Crippen LogP contribution in [0.1, 0.15) is 18.4 Å². The second kappa shape index (κ2) is 5.32. The molecule has 98 valence electrons. The Morgan fingerprint density at radius 2 is 1.89 bits per heavy atom. The predicted molar refractivity (Wildman–Crippen MR) is 76.7 cm³/mol. The average molecular weight is 276 g/mol. The molecule has 2 aromatic rings. The zero-order valence-electron chi connectivity index (χ0n) is 10.5. The first-order chi connectivity index (χ1) is 9.24. The van der Waals surface area contributed by atoms with Gasteiger partial charge in [0.25, 0.3) is 0 Å². The maximum atomic E-state index is 13.4. The minimum Gasteiger partial charge on any atom is -0.310 e. The summed E-state index contributed by atoms with van der Waals surface area (Å²) in [4.78, 5) is 0. The third kappa shape index (κ3) is 2.96. The van der Waals surface area contributed by atoms with E-state index in [9.17, 15) is 4.39 Å². The van der Waals surface area contributed by atoms with Crippen molar-refractivity contribution in [2.24, 2.45) is 0 Å². The van der Waals surface area contributed by atoms with Crippen molar-refractivity contribution < 1.29 is 4.39 Å². The third-order valence-corrected chi connectivity index (χ3v) is 3.72. The first-order valence-corrected chi connectivity index (χ1v) is 6.88. The van der Waals surface area contributed by atoms with E-state index >= 15 is 0 Å². The number of halogens is 2. The molecule has 1 aliphatic carbocycles. The van der Waals surface area contributed by atoms with Gasteiger partial charge in [-0.15, -0.1) is 0 Å². The summed E-state index contributed by atoms with van der Waals surface area (Å²) in [6.07, 6.45) is 2.44. The van der Waals surface area contributed by atoms with Crippen molar-refractivity contribution in [3.8, 4) is 11.1 Å². The van der Waals surface area contributed by atoms with Crippen LogP contribution in [-0.2, 0) is 6.54 Å². The molecule has 1 aliphatic rings. The maximum Gasteiger partial charge on any atom is 0.123 e. The Hall–Kier alpha value is -1.38. The van der Waals surface area contributed by atoms with Gasteiger partial charge in [0.15, 0.2) is 0 Å². The molecular formula is C16H15ClFN. The van der Waals surface area contributed by atoms with E-state index in [2.05, 4.69) is 5.32 Å². The predicted octanol–water partition coefficient (Wildman–Crippen LogP) is 4.40. The van der Waals surface area contributed by atoms with Gasteiger partial charge in [0.05, 0.1) is 0 Å². The topological polar surface area (TPSA) is 12.0 Å². The molecule has 0 saturated heterocycles. The highest BCUT2D eigenvalue weighted by Crippen LogP contribution is 2.31. The van der Waals surface area contributed by atoms with Crippen LogP contribution in [0.3, 0.4) is 0 Å². The SMILES string of the molecule is Fc1ccc(-c2ccccc2Cl)c(CNC2CC2)c1. The van der Waals surface area contributed by atoms with Crippen LogP contribution in [0.2, 0.25) is 5.02 Å². The molecule has 0 unspecified atom stereocenters. The van der Waals surface area contributed by atoms with E-state index in [4.69, 9.17) is 11.6 Å². The van der Waals surface area contributed by atoms with E-state index in [0.717, 1.165) is 16.7 Å². The maximum absolute atomic E-state index is 13.4. The Morgan fingerprint density at radius 3 is 2.63 bits per heavy atom. The fourth-order valence-corrected chi connectivity index (χ4v) is 2.43. The molecule has 0 atom stereocenters. The Morgan fingerprint density at radius 1 is 1.11 bits per heavy atom. The molecular weight excluding hydrogens is 261 g/mol. The lowest BCUT2D eigenvalue weighted by Crippen LogP contribution is -2.16. The molecule has 0 amide bonds. The van der Waals surface area contributed by atoms with Crippen LogP contribution in [-0.4, -0.2) is 6.04 Å². The summed E-state index contributed by atoms with van der Waals surface area (Å²) >= 11 is 6.23. The van der Waals surface area contributed by atoms with Gasteiger partial charge in [-0.1, -0.05) is 35.9 Å². The van der Waals surface area contributed by atoms with Crippen LogP contribution >= 0.6 is 11.6 Å². The standard InChI is InChI=1S/C16H15ClFN/c17-16-4-2-1-3-15(16)14-8-5-12(18)9-11(14)10-19-13-6-7-13/h1-5,8-9,13,19H,6-7,10H2. The Balaban J connectivity index is 1.96. The Bertz CT molecular complexity index is 593. The van der Waals surface area contributed by atoms with E-state index in [1.165, 1.54) is 18.9 Å². The van der Waals surface area contributed by atoms with Crippen LogP contribution in [0, 0.1) is 5.82 Å². The van der Waals surface area contributed by atoms with Crippen LogP contribution in [0.25, 0.3) is 11.1 Å². The van der Waals surface area contributed by atoms with Gasteiger partial charge in [-0.25, -0.2) is 4.39 Å². The lowest BCUT2D eigenvalue weighted by molar-refractivity contribution is 0.620. The molecule has 3 rings (SSSR count). The molecule has 0 radical (unpaired) electrons. The van der Waals surface area contributed by atoms with Gasteiger partial charge in [-0.3, -0.25) is 0 Å². The zero-order valence-corrected chi connectivity index (χ0v) is 11.3. The number of rotatable bonds is 4. The van der Waals surface area contributed by atoms with Crippen LogP contribution in [0.5, 0.6) is 0 Å². The summed E-state index contributed by atoms with van der Waals surface area (Å²) in [5.41, 5.74) is 2.91. The minimum atomic E-state index is -0.205. The zero-order chi connectivity index (χ0) is 13.2. The smallest absolute Gasteiger partial charge is 0.123 e. The van der Waals surface area contributed by atoms with E-state index in [-0.39, 0.29) is 5.82 Å². The second-order valence-corrected chi connectivity index (χ2v) is 5.34. The molecule has 1 N–H and O–H groups in total. The lowest BCUT2D eigenvalue weighted by Gasteiger charge is -2.12. The molecule has 3 heteroatoms. The van der Waals surface area contributed by atoms with E-state index < -0.39 is 0 Å². The Kier molecular flexibility index (Phi) is 3.54. The van der Waals surface area contributed by atoms with Gasteiger partial charge in [0.1, 0.15) is 5.82 Å². The van der Waals surface area contributed by atoms with Gasteiger partial charge >= 0.3 is 0 Å². The summed E-state index contributed by atoms with van der Waals surface area (Å²) in [7, 11) is 0. The molecule has 0 bridgehead atoms. The monoisotopic (exact) mass is 275 g/mol. The second-order valence-electron chi connectivity index (χ2n) is 4.94. The molecule has 0 heterocycles. The third-order valence-electron chi connectivity index (χ3n) is 3.39. The normalized spacial score (nSPS) is 14.6. The molecule has 19 heavy (non-hydrogen) atoms. The van der Waals surface area contributed by atoms with Crippen molar-refractivity contribution >= 4 is 11.6 Å². The van der Waals surface area contributed by atoms with Crippen molar-refractivity contribution in [1.29, 1.82) is 0 Å². The first-order valence-electron chi connectivity index (χ1n) is 6.51. The molecule has 0 aromatic heterocycles.